The number of anilines is 2. The smallest absolute Gasteiger partial charge is 0.126 e. The molecule has 5 aromatic rings. The number of thiazole rings is 1. The summed E-state index contributed by atoms with van der Waals surface area (Å²) in [6.45, 7) is 0. The number of rotatable bonds is 4. The summed E-state index contributed by atoms with van der Waals surface area (Å²) in [7, 11) is 0. The van der Waals surface area contributed by atoms with Gasteiger partial charge in [-0.2, -0.15) is 0 Å². The molecule has 0 aliphatic rings. The molecular weight excluding hydrogens is 360 g/mol. The van der Waals surface area contributed by atoms with E-state index in [1.165, 1.54) is 15.8 Å². The van der Waals surface area contributed by atoms with Crippen LogP contribution in [-0.4, -0.2) is 4.98 Å². The van der Waals surface area contributed by atoms with Crippen molar-refractivity contribution in [3.05, 3.63) is 103 Å². The third-order valence-electron chi connectivity index (χ3n) is 4.73. The maximum absolute atomic E-state index is 4.84. The van der Waals surface area contributed by atoms with E-state index in [1.54, 1.807) is 11.3 Å². The van der Waals surface area contributed by atoms with Gasteiger partial charge in [0, 0.05) is 22.5 Å². The Morgan fingerprint density at radius 2 is 1.18 bits per heavy atom. The number of hydrogen-bond acceptors (Lipinski definition) is 3. The molecule has 134 valence electrons. The zero-order valence-corrected chi connectivity index (χ0v) is 16.0. The molecule has 0 bridgehead atoms. The van der Waals surface area contributed by atoms with Crippen molar-refractivity contribution in [3.63, 3.8) is 0 Å². The molecule has 28 heavy (non-hydrogen) atoms. The highest BCUT2D eigenvalue weighted by molar-refractivity contribution is 7.21. The highest BCUT2D eigenvalue weighted by Gasteiger charge is 2.12. The second-order valence-electron chi connectivity index (χ2n) is 6.57. The first-order chi connectivity index (χ1) is 13.9. The Kier molecular flexibility index (Phi) is 4.36. The molecule has 0 spiro atoms. The van der Waals surface area contributed by atoms with Crippen LogP contribution in [-0.2, 0) is 0 Å². The van der Waals surface area contributed by atoms with Gasteiger partial charge in [0.05, 0.1) is 10.2 Å². The standard InChI is InChI=1S/C25H18N2S/c1-2-10-18(11-3-1)19-12-4-6-14-21(19)26-22-15-7-5-13-20(22)25-27-23-16-8-9-17-24(23)28-25/h1-17,26H. The molecule has 0 saturated carbocycles. The first kappa shape index (κ1) is 16.7. The zero-order valence-electron chi connectivity index (χ0n) is 15.2. The number of para-hydroxylation sites is 3. The van der Waals surface area contributed by atoms with Crippen LogP contribution in [0.3, 0.4) is 0 Å². The van der Waals surface area contributed by atoms with Crippen molar-refractivity contribution in [1.29, 1.82) is 0 Å². The molecule has 5 rings (SSSR count). The van der Waals surface area contributed by atoms with Gasteiger partial charge in [-0.05, 0) is 35.9 Å². The Morgan fingerprint density at radius 1 is 0.571 bits per heavy atom. The quantitative estimate of drug-likeness (QED) is 0.353. The van der Waals surface area contributed by atoms with E-state index in [9.17, 15) is 0 Å². The molecular formula is C25H18N2S. The van der Waals surface area contributed by atoms with Crippen molar-refractivity contribution >= 4 is 32.9 Å². The van der Waals surface area contributed by atoms with E-state index >= 15 is 0 Å². The number of aromatic nitrogens is 1. The van der Waals surface area contributed by atoms with Gasteiger partial charge in [-0.25, -0.2) is 4.98 Å². The van der Waals surface area contributed by atoms with Crippen molar-refractivity contribution in [2.45, 2.75) is 0 Å². The molecule has 0 aliphatic heterocycles. The number of hydrogen-bond donors (Lipinski definition) is 1. The van der Waals surface area contributed by atoms with Gasteiger partial charge in [-0.15, -0.1) is 11.3 Å². The molecule has 2 nitrogen and oxygen atoms in total. The van der Waals surface area contributed by atoms with Gasteiger partial charge in [0.25, 0.3) is 0 Å². The van der Waals surface area contributed by atoms with E-state index in [0.717, 1.165) is 27.5 Å². The lowest BCUT2D eigenvalue weighted by atomic mass is 10.0. The minimum atomic E-state index is 1.03. The summed E-state index contributed by atoms with van der Waals surface area (Å²) in [4.78, 5) is 4.84. The molecule has 1 N–H and O–H groups in total. The monoisotopic (exact) mass is 378 g/mol. The summed E-state index contributed by atoms with van der Waals surface area (Å²) in [5, 5.41) is 4.68. The first-order valence-electron chi connectivity index (χ1n) is 9.25. The fraction of sp³-hybridized carbons (Fsp3) is 0. The minimum absolute atomic E-state index is 1.03. The molecule has 0 saturated heterocycles. The highest BCUT2D eigenvalue weighted by Crippen LogP contribution is 2.37. The minimum Gasteiger partial charge on any atom is -0.354 e. The van der Waals surface area contributed by atoms with Gasteiger partial charge in [0.15, 0.2) is 0 Å². The van der Waals surface area contributed by atoms with Gasteiger partial charge >= 0.3 is 0 Å². The lowest BCUT2D eigenvalue weighted by Crippen LogP contribution is -1.95. The number of nitrogens with one attached hydrogen (secondary N) is 1. The summed E-state index contributed by atoms with van der Waals surface area (Å²) in [5.74, 6) is 0. The first-order valence-corrected chi connectivity index (χ1v) is 10.1. The summed E-state index contributed by atoms with van der Waals surface area (Å²) >= 11 is 1.72. The van der Waals surface area contributed by atoms with Crippen LogP contribution >= 0.6 is 11.3 Å². The van der Waals surface area contributed by atoms with Crippen LogP contribution in [0.2, 0.25) is 0 Å². The van der Waals surface area contributed by atoms with Crippen molar-refractivity contribution < 1.29 is 0 Å². The van der Waals surface area contributed by atoms with Crippen LogP contribution < -0.4 is 5.32 Å². The van der Waals surface area contributed by atoms with E-state index < -0.39 is 0 Å². The summed E-state index contributed by atoms with van der Waals surface area (Å²) in [6, 6.07) is 35.5. The van der Waals surface area contributed by atoms with Crippen LogP contribution in [0.15, 0.2) is 103 Å². The lowest BCUT2D eigenvalue weighted by molar-refractivity contribution is 1.46. The van der Waals surface area contributed by atoms with E-state index in [2.05, 4.69) is 96.3 Å². The molecule has 0 fully saturated rings. The molecule has 3 heteroatoms. The third-order valence-corrected chi connectivity index (χ3v) is 5.80. The largest absolute Gasteiger partial charge is 0.354 e. The number of fused-ring (bicyclic) bond motifs is 1. The van der Waals surface area contributed by atoms with Crippen molar-refractivity contribution in [1.82, 2.24) is 4.98 Å². The van der Waals surface area contributed by atoms with Gasteiger partial charge < -0.3 is 5.32 Å². The predicted molar refractivity (Wildman–Crippen MR) is 120 cm³/mol. The Bertz CT molecular complexity index is 1210. The molecule has 0 amide bonds. The third kappa shape index (κ3) is 3.17. The maximum Gasteiger partial charge on any atom is 0.126 e. The Hall–Kier alpha value is -3.43. The maximum atomic E-state index is 4.84. The Morgan fingerprint density at radius 3 is 1.96 bits per heavy atom. The molecule has 1 aromatic heterocycles. The lowest BCUT2D eigenvalue weighted by Gasteiger charge is -2.14. The predicted octanol–water partition coefficient (Wildman–Crippen LogP) is 7.37. The van der Waals surface area contributed by atoms with Crippen molar-refractivity contribution in [2.75, 3.05) is 5.32 Å². The van der Waals surface area contributed by atoms with E-state index in [0.29, 0.717) is 0 Å². The summed E-state index contributed by atoms with van der Waals surface area (Å²) in [6.07, 6.45) is 0. The molecule has 0 unspecified atom stereocenters. The zero-order chi connectivity index (χ0) is 18.8. The van der Waals surface area contributed by atoms with E-state index in [1.807, 2.05) is 12.1 Å². The molecule has 0 aliphatic carbocycles. The Balaban J connectivity index is 1.58. The normalized spacial score (nSPS) is 10.9. The number of benzene rings is 4. The summed E-state index contributed by atoms with van der Waals surface area (Å²) in [5.41, 5.74) is 6.69. The second-order valence-corrected chi connectivity index (χ2v) is 7.60. The van der Waals surface area contributed by atoms with Gasteiger partial charge in [0.1, 0.15) is 5.01 Å². The van der Waals surface area contributed by atoms with Crippen LogP contribution in [0.1, 0.15) is 0 Å². The van der Waals surface area contributed by atoms with Crippen LogP contribution in [0, 0.1) is 0 Å². The Labute approximate surface area is 168 Å². The molecule has 1 heterocycles. The van der Waals surface area contributed by atoms with Crippen molar-refractivity contribution in [3.8, 4) is 21.7 Å². The second kappa shape index (κ2) is 7.29. The highest BCUT2D eigenvalue weighted by atomic mass is 32.1. The number of nitrogens with zero attached hydrogens (tertiary/aromatic N) is 1. The molecule has 0 atom stereocenters. The van der Waals surface area contributed by atoms with Crippen LogP contribution in [0.25, 0.3) is 31.9 Å². The molecule has 0 radical (unpaired) electrons. The van der Waals surface area contributed by atoms with Crippen molar-refractivity contribution in [2.24, 2.45) is 0 Å². The molecule has 4 aromatic carbocycles. The van der Waals surface area contributed by atoms with E-state index in [4.69, 9.17) is 4.98 Å². The van der Waals surface area contributed by atoms with Gasteiger partial charge in [-0.3, -0.25) is 0 Å². The fourth-order valence-electron chi connectivity index (χ4n) is 3.37. The van der Waals surface area contributed by atoms with Gasteiger partial charge in [-0.1, -0.05) is 72.8 Å². The summed E-state index contributed by atoms with van der Waals surface area (Å²) < 4.78 is 1.21. The average molecular weight is 379 g/mol. The van der Waals surface area contributed by atoms with Crippen LogP contribution in [0.5, 0.6) is 0 Å². The van der Waals surface area contributed by atoms with E-state index in [-0.39, 0.29) is 0 Å². The topological polar surface area (TPSA) is 24.9 Å². The average Bonchev–Trinajstić information content (AvgIpc) is 3.19. The fourth-order valence-corrected chi connectivity index (χ4v) is 4.38. The van der Waals surface area contributed by atoms with Crippen LogP contribution in [0.4, 0.5) is 11.4 Å². The van der Waals surface area contributed by atoms with Gasteiger partial charge in [0.2, 0.25) is 0 Å². The SMILES string of the molecule is c1ccc(-c2ccccc2Nc2ccccc2-c2nc3ccccc3s2)cc1.